The molecule has 1 rings (SSSR count). The van der Waals surface area contributed by atoms with Crippen LogP contribution in [-0.4, -0.2) is 60.9 Å². The zero-order valence-electron chi connectivity index (χ0n) is 11.0. The Morgan fingerprint density at radius 1 is 1.00 bits per heavy atom. The maximum absolute atomic E-state index is 10.3. The van der Waals surface area contributed by atoms with Crippen LogP contribution in [0.2, 0.25) is 0 Å². The quantitative estimate of drug-likeness (QED) is 0.363. The lowest BCUT2D eigenvalue weighted by molar-refractivity contribution is -0.152. The van der Waals surface area contributed by atoms with E-state index in [2.05, 4.69) is 0 Å². The summed E-state index contributed by atoms with van der Waals surface area (Å²) in [5.74, 6) is -4.52. The molecule has 1 aromatic rings. The van der Waals surface area contributed by atoms with Crippen LogP contribution in [0.5, 0.6) is 17.2 Å². The van der Waals surface area contributed by atoms with E-state index in [0.29, 0.717) is 0 Å². The van der Waals surface area contributed by atoms with Gasteiger partial charge in [-0.15, -0.1) is 0 Å². The highest BCUT2D eigenvalue weighted by Crippen LogP contribution is 2.35. The molecule has 0 unspecified atom stereocenters. The third kappa shape index (κ3) is 4.82. The molecule has 21 heavy (non-hydrogen) atoms. The van der Waals surface area contributed by atoms with Crippen molar-refractivity contribution >= 4 is 11.9 Å². The number of aliphatic hydroxyl groups excluding tert-OH is 2. The van der Waals surface area contributed by atoms with Crippen molar-refractivity contribution < 1.29 is 45.3 Å². The smallest absolute Gasteiger partial charge is 0.335 e. The van der Waals surface area contributed by atoms with E-state index in [4.69, 9.17) is 35.7 Å². The standard InChI is InChI=1S/C7H6O5.C5H10O4/c8-4-1-3(7(11)12)2-5(9)6(4)10;1-5(2-6,3-7)4(8)9/h1-2,8-10H,(H,11,12);6-7H,2-3H2,1H3,(H,8,9). The fraction of sp³-hybridized carbons (Fsp3) is 0.333. The van der Waals surface area contributed by atoms with Crippen LogP contribution in [0.1, 0.15) is 17.3 Å². The number of rotatable bonds is 4. The monoisotopic (exact) mass is 304 g/mol. The van der Waals surface area contributed by atoms with Crippen molar-refractivity contribution in [1.29, 1.82) is 0 Å². The van der Waals surface area contributed by atoms with Gasteiger partial charge in [0.25, 0.3) is 0 Å². The topological polar surface area (TPSA) is 176 Å². The number of aromatic carboxylic acids is 1. The molecule has 0 saturated heterocycles. The number of aliphatic hydroxyl groups is 2. The van der Waals surface area contributed by atoms with E-state index in [1.54, 1.807) is 0 Å². The number of hydrogen-bond acceptors (Lipinski definition) is 7. The summed E-state index contributed by atoms with van der Waals surface area (Å²) in [6.07, 6.45) is 0. The van der Waals surface area contributed by atoms with Crippen molar-refractivity contribution in [3.63, 3.8) is 0 Å². The Hall–Kier alpha value is -2.52. The summed E-state index contributed by atoms with van der Waals surface area (Å²) >= 11 is 0. The summed E-state index contributed by atoms with van der Waals surface area (Å²) in [5, 5.41) is 60.1. The average molecular weight is 304 g/mol. The molecule has 0 aliphatic carbocycles. The molecule has 0 amide bonds. The van der Waals surface area contributed by atoms with Gasteiger partial charge in [-0.2, -0.15) is 0 Å². The Kier molecular flexibility index (Phi) is 6.43. The summed E-state index contributed by atoms with van der Waals surface area (Å²) in [4.78, 5) is 20.5. The van der Waals surface area contributed by atoms with Gasteiger partial charge in [-0.25, -0.2) is 4.79 Å². The van der Waals surface area contributed by atoms with Gasteiger partial charge < -0.3 is 35.7 Å². The van der Waals surface area contributed by atoms with Gasteiger partial charge in [-0.05, 0) is 19.1 Å². The average Bonchev–Trinajstić information content (AvgIpc) is 2.43. The Morgan fingerprint density at radius 3 is 1.57 bits per heavy atom. The molecule has 1 aromatic carbocycles. The van der Waals surface area contributed by atoms with E-state index in [9.17, 15) is 9.59 Å². The molecule has 0 saturated carbocycles. The fourth-order valence-electron chi connectivity index (χ4n) is 0.913. The van der Waals surface area contributed by atoms with Crippen molar-refractivity contribution in [3.8, 4) is 17.2 Å². The minimum absolute atomic E-state index is 0.289. The maximum atomic E-state index is 10.3. The van der Waals surface area contributed by atoms with E-state index < -0.39 is 47.8 Å². The molecule has 0 aliphatic heterocycles. The van der Waals surface area contributed by atoms with Crippen LogP contribution in [0, 0.1) is 5.41 Å². The molecule has 9 nitrogen and oxygen atoms in total. The van der Waals surface area contributed by atoms with Gasteiger partial charge in [0.2, 0.25) is 0 Å². The fourth-order valence-corrected chi connectivity index (χ4v) is 0.913. The van der Waals surface area contributed by atoms with Gasteiger partial charge in [0.05, 0.1) is 18.8 Å². The number of aromatic hydroxyl groups is 3. The third-order valence-corrected chi connectivity index (χ3v) is 2.53. The van der Waals surface area contributed by atoms with Gasteiger partial charge in [0, 0.05) is 0 Å². The number of carboxylic acid groups (broad SMARTS) is 2. The van der Waals surface area contributed by atoms with Gasteiger partial charge in [0.1, 0.15) is 5.41 Å². The predicted molar refractivity (Wildman–Crippen MR) is 68.3 cm³/mol. The van der Waals surface area contributed by atoms with Crippen molar-refractivity contribution in [1.82, 2.24) is 0 Å². The Labute approximate surface area is 119 Å². The van der Waals surface area contributed by atoms with Crippen LogP contribution >= 0.6 is 0 Å². The largest absolute Gasteiger partial charge is 0.504 e. The number of phenolic OH excluding ortho intramolecular Hbond substituents is 3. The molecule has 0 radical (unpaired) electrons. The minimum Gasteiger partial charge on any atom is -0.504 e. The first-order valence-corrected chi connectivity index (χ1v) is 5.52. The lowest BCUT2D eigenvalue weighted by Crippen LogP contribution is -2.35. The lowest BCUT2D eigenvalue weighted by Gasteiger charge is -2.17. The highest BCUT2D eigenvalue weighted by molar-refractivity contribution is 5.89. The second-order valence-corrected chi connectivity index (χ2v) is 4.35. The van der Waals surface area contributed by atoms with Crippen LogP contribution < -0.4 is 0 Å². The summed E-state index contributed by atoms with van der Waals surface area (Å²) < 4.78 is 0. The van der Waals surface area contributed by atoms with Gasteiger partial charge in [-0.3, -0.25) is 4.79 Å². The molecule has 0 aliphatic rings. The van der Waals surface area contributed by atoms with Crippen LogP contribution in [0.15, 0.2) is 12.1 Å². The van der Waals surface area contributed by atoms with Crippen molar-refractivity contribution in [2.75, 3.05) is 13.2 Å². The van der Waals surface area contributed by atoms with Gasteiger partial charge in [-0.1, -0.05) is 0 Å². The maximum Gasteiger partial charge on any atom is 0.335 e. The molecule has 0 spiro atoms. The molecule has 0 atom stereocenters. The van der Waals surface area contributed by atoms with Crippen LogP contribution in [0.25, 0.3) is 0 Å². The van der Waals surface area contributed by atoms with Crippen molar-refractivity contribution in [2.45, 2.75) is 6.92 Å². The molecule has 9 heteroatoms. The molecule has 0 bridgehead atoms. The lowest BCUT2D eigenvalue weighted by atomic mass is 9.94. The number of carbonyl (C=O) groups is 2. The normalized spacial score (nSPS) is 10.4. The first-order valence-electron chi connectivity index (χ1n) is 5.52. The van der Waals surface area contributed by atoms with E-state index in [1.807, 2.05) is 0 Å². The van der Waals surface area contributed by atoms with Crippen molar-refractivity contribution in [2.24, 2.45) is 5.41 Å². The second kappa shape index (κ2) is 7.31. The zero-order valence-corrected chi connectivity index (χ0v) is 11.0. The number of benzene rings is 1. The summed E-state index contributed by atoms with van der Waals surface area (Å²) in [5.41, 5.74) is -1.68. The molecule has 118 valence electrons. The predicted octanol–water partition coefficient (Wildman–Crippen LogP) is -0.436. The molecule has 0 fully saturated rings. The summed E-state index contributed by atoms with van der Waals surface area (Å²) in [7, 11) is 0. The highest BCUT2D eigenvalue weighted by Gasteiger charge is 2.31. The first kappa shape index (κ1) is 18.5. The summed E-state index contributed by atoms with van der Waals surface area (Å²) in [6.45, 7) is 0.187. The van der Waals surface area contributed by atoms with Crippen LogP contribution in [0.4, 0.5) is 0 Å². The van der Waals surface area contributed by atoms with Crippen LogP contribution in [0.3, 0.4) is 0 Å². The highest BCUT2D eigenvalue weighted by atomic mass is 16.4. The number of phenols is 3. The molecular formula is C12H16O9. The zero-order chi connectivity index (χ0) is 16.8. The van der Waals surface area contributed by atoms with E-state index in [1.165, 1.54) is 6.92 Å². The van der Waals surface area contributed by atoms with Gasteiger partial charge >= 0.3 is 11.9 Å². The number of aliphatic carboxylic acids is 1. The molecule has 7 N–H and O–H groups in total. The third-order valence-electron chi connectivity index (χ3n) is 2.53. The summed E-state index contributed by atoms with van der Waals surface area (Å²) in [6, 6.07) is 1.69. The second-order valence-electron chi connectivity index (χ2n) is 4.35. The number of hydrogen-bond donors (Lipinski definition) is 7. The van der Waals surface area contributed by atoms with Gasteiger partial charge in [0.15, 0.2) is 17.2 Å². The van der Waals surface area contributed by atoms with E-state index in [-0.39, 0.29) is 5.56 Å². The SMILES string of the molecule is CC(CO)(CO)C(=O)O.O=C(O)c1cc(O)c(O)c(O)c1. The van der Waals surface area contributed by atoms with E-state index >= 15 is 0 Å². The van der Waals surface area contributed by atoms with Crippen LogP contribution in [-0.2, 0) is 4.79 Å². The molecule has 0 heterocycles. The Morgan fingerprint density at radius 2 is 1.38 bits per heavy atom. The Bertz CT molecular complexity index is 496. The molecular weight excluding hydrogens is 288 g/mol. The Balaban J connectivity index is 0.000000400. The van der Waals surface area contributed by atoms with E-state index in [0.717, 1.165) is 12.1 Å². The number of carboxylic acids is 2. The minimum atomic E-state index is -1.39. The van der Waals surface area contributed by atoms with Crippen molar-refractivity contribution in [3.05, 3.63) is 17.7 Å². The molecule has 0 aromatic heterocycles. The first-order chi connectivity index (χ1) is 9.58.